The molecule has 0 atom stereocenters. The average Bonchev–Trinajstić information content (AvgIpc) is 2.68. The first-order chi connectivity index (χ1) is 11.9. The van der Waals surface area contributed by atoms with Crippen molar-refractivity contribution in [1.82, 2.24) is 0 Å². The molecule has 0 aromatic heterocycles. The molecule has 120 valence electrons. The molecule has 24 heavy (non-hydrogen) atoms. The van der Waals surface area contributed by atoms with Crippen LogP contribution in [0.3, 0.4) is 0 Å². The first kappa shape index (κ1) is 16.7. The molecule has 0 spiro atoms. The van der Waals surface area contributed by atoms with Gasteiger partial charge in [0.05, 0.1) is 5.82 Å². The number of hydrogen-bond acceptors (Lipinski definition) is 0. The van der Waals surface area contributed by atoms with Crippen LogP contribution in [-0.4, -0.2) is 0 Å². The quantitative estimate of drug-likeness (QED) is 0.538. The van der Waals surface area contributed by atoms with Crippen molar-refractivity contribution < 1.29 is 0 Å². The van der Waals surface area contributed by atoms with E-state index in [4.69, 9.17) is 0 Å². The van der Waals surface area contributed by atoms with E-state index in [1.807, 2.05) is 0 Å². The van der Waals surface area contributed by atoms with Gasteiger partial charge in [-0.1, -0.05) is 67.9 Å². The minimum Gasteiger partial charge on any atom is -0.0651 e. The first-order valence-electron chi connectivity index (χ1n) is 8.61. The number of benzene rings is 3. The van der Waals surface area contributed by atoms with E-state index in [0.29, 0.717) is 0 Å². The van der Waals surface area contributed by atoms with Crippen LogP contribution in [-0.2, 0) is 0 Å². The van der Waals surface area contributed by atoms with Crippen LogP contribution >= 0.6 is 7.26 Å². The molecule has 0 nitrogen and oxygen atoms in total. The lowest BCUT2D eigenvalue weighted by Gasteiger charge is -2.24. The summed E-state index contributed by atoms with van der Waals surface area (Å²) in [6, 6.07) is 32.9. The van der Waals surface area contributed by atoms with Crippen molar-refractivity contribution in [3.8, 4) is 0 Å². The maximum absolute atomic E-state index is 2.50. The van der Waals surface area contributed by atoms with Gasteiger partial charge in [-0.3, -0.25) is 0 Å². The second kappa shape index (κ2) is 8.08. The lowest BCUT2D eigenvalue weighted by molar-refractivity contribution is 0.960. The van der Waals surface area contributed by atoms with Gasteiger partial charge in [-0.05, 0) is 48.9 Å². The highest BCUT2D eigenvalue weighted by Crippen LogP contribution is 2.56. The molecule has 0 unspecified atom stereocenters. The van der Waals surface area contributed by atoms with Crippen LogP contribution in [0, 0.1) is 0 Å². The summed E-state index contributed by atoms with van der Waals surface area (Å²) in [4.78, 5) is 0. The van der Waals surface area contributed by atoms with E-state index >= 15 is 0 Å². The van der Waals surface area contributed by atoms with Crippen molar-refractivity contribution in [2.24, 2.45) is 0 Å². The van der Waals surface area contributed by atoms with Crippen molar-refractivity contribution in [2.75, 3.05) is 0 Å². The monoisotopic (exact) mass is 331 g/mol. The number of hydrogen-bond donors (Lipinski definition) is 0. The third-order valence-electron chi connectivity index (χ3n) is 4.27. The molecule has 0 radical (unpaired) electrons. The molecule has 0 N–H and O–H groups in total. The van der Waals surface area contributed by atoms with Crippen molar-refractivity contribution in [3.63, 3.8) is 0 Å². The minimum atomic E-state index is -1.76. The summed E-state index contributed by atoms with van der Waals surface area (Å²) < 4.78 is 0. The molecule has 1 heteroatoms. The zero-order chi connectivity index (χ0) is 16.7. The van der Waals surface area contributed by atoms with E-state index < -0.39 is 7.26 Å². The molecule has 0 aliphatic carbocycles. The summed E-state index contributed by atoms with van der Waals surface area (Å²) in [5.41, 5.74) is 0. The molecular formula is C23H24P+. The zero-order valence-electron chi connectivity index (χ0n) is 14.2. The first-order valence-corrected chi connectivity index (χ1v) is 10.5. The highest BCUT2D eigenvalue weighted by molar-refractivity contribution is 7.98. The van der Waals surface area contributed by atoms with E-state index in [1.54, 1.807) is 0 Å². The highest BCUT2D eigenvalue weighted by Gasteiger charge is 2.42. The van der Waals surface area contributed by atoms with Crippen molar-refractivity contribution in [3.05, 3.63) is 103 Å². The Labute approximate surface area is 146 Å². The molecule has 0 heterocycles. The normalized spacial score (nSPS) is 11.7. The van der Waals surface area contributed by atoms with Crippen LogP contribution in [0.4, 0.5) is 0 Å². The third kappa shape index (κ3) is 3.35. The van der Waals surface area contributed by atoms with E-state index in [1.165, 1.54) is 22.3 Å². The summed E-state index contributed by atoms with van der Waals surface area (Å²) in [7, 11) is -1.76. The molecule has 0 saturated heterocycles. The molecule has 0 saturated carbocycles. The highest BCUT2D eigenvalue weighted by atomic mass is 31.2. The van der Waals surface area contributed by atoms with Gasteiger partial charge in [0.25, 0.3) is 0 Å². The van der Waals surface area contributed by atoms with Crippen molar-refractivity contribution in [2.45, 2.75) is 19.8 Å². The fourth-order valence-electron chi connectivity index (χ4n) is 3.09. The Balaban J connectivity index is 2.28. The Morgan fingerprint density at radius 2 is 1.00 bits per heavy atom. The second-order valence-electron chi connectivity index (χ2n) is 5.90. The second-order valence-corrected chi connectivity index (χ2v) is 9.20. The topological polar surface area (TPSA) is 0 Å². The molecule has 3 aromatic rings. The third-order valence-corrected chi connectivity index (χ3v) is 8.27. The molecule has 0 amide bonds. The fraction of sp³-hybridized carbons (Fsp3) is 0.130. The van der Waals surface area contributed by atoms with Gasteiger partial charge in [-0.25, -0.2) is 0 Å². The van der Waals surface area contributed by atoms with E-state index in [0.717, 1.165) is 6.42 Å². The lowest BCUT2D eigenvalue weighted by Crippen LogP contribution is -2.29. The summed E-state index contributed by atoms with van der Waals surface area (Å²) in [5.74, 6) is 2.50. The van der Waals surface area contributed by atoms with Gasteiger partial charge < -0.3 is 0 Å². The Morgan fingerprint density at radius 1 is 0.625 bits per heavy atom. The van der Waals surface area contributed by atoms with Gasteiger partial charge in [0.1, 0.15) is 23.2 Å². The minimum absolute atomic E-state index is 1.12. The maximum atomic E-state index is 2.50. The van der Waals surface area contributed by atoms with Crippen molar-refractivity contribution in [1.29, 1.82) is 0 Å². The maximum Gasteiger partial charge on any atom is 0.136 e. The Hall–Kier alpha value is -2.17. The summed E-state index contributed by atoms with van der Waals surface area (Å²) >= 11 is 0. The number of allylic oxidation sites excluding steroid dienone is 1. The molecule has 0 bridgehead atoms. The van der Waals surface area contributed by atoms with Gasteiger partial charge in [0.15, 0.2) is 0 Å². The summed E-state index contributed by atoms with van der Waals surface area (Å²) in [5, 5.41) is 4.24. The largest absolute Gasteiger partial charge is 0.136 e. The Bertz CT molecular complexity index is 664. The zero-order valence-corrected chi connectivity index (χ0v) is 15.1. The van der Waals surface area contributed by atoms with Crippen molar-refractivity contribution >= 4 is 23.2 Å². The Kier molecular flexibility index (Phi) is 5.62. The van der Waals surface area contributed by atoms with E-state index in [9.17, 15) is 0 Å². The molecule has 0 aliphatic heterocycles. The van der Waals surface area contributed by atoms with Crippen LogP contribution in [0.2, 0.25) is 0 Å². The number of unbranched alkanes of at least 4 members (excludes halogenated alkanes) is 1. The predicted octanol–water partition coefficient (Wildman–Crippen LogP) is 5.29. The lowest BCUT2D eigenvalue weighted by atomic mass is 10.3. The van der Waals surface area contributed by atoms with Crippen LogP contribution < -0.4 is 15.9 Å². The molecule has 0 aliphatic rings. The smallest absolute Gasteiger partial charge is 0.0651 e. The van der Waals surface area contributed by atoms with Gasteiger partial charge >= 0.3 is 0 Å². The van der Waals surface area contributed by atoms with Crippen LogP contribution in [0.1, 0.15) is 19.8 Å². The van der Waals surface area contributed by atoms with E-state index in [-0.39, 0.29) is 0 Å². The van der Waals surface area contributed by atoms with E-state index in [2.05, 4.69) is 110 Å². The van der Waals surface area contributed by atoms with Crippen LogP contribution in [0.25, 0.3) is 0 Å². The van der Waals surface area contributed by atoms with Gasteiger partial charge in [-0.2, -0.15) is 0 Å². The summed E-state index contributed by atoms with van der Waals surface area (Å²) in [6.45, 7) is 2.23. The van der Waals surface area contributed by atoms with Gasteiger partial charge in [-0.15, -0.1) is 0 Å². The van der Waals surface area contributed by atoms with Crippen LogP contribution in [0.5, 0.6) is 0 Å². The number of rotatable bonds is 6. The molecular weight excluding hydrogens is 307 g/mol. The predicted molar refractivity (Wildman–Crippen MR) is 109 cm³/mol. The fourth-order valence-corrected chi connectivity index (χ4v) is 6.90. The van der Waals surface area contributed by atoms with Gasteiger partial charge in [0, 0.05) is 0 Å². The molecule has 3 rings (SSSR count). The van der Waals surface area contributed by atoms with Crippen LogP contribution in [0.15, 0.2) is 103 Å². The molecule has 0 fully saturated rings. The van der Waals surface area contributed by atoms with Gasteiger partial charge in [0.2, 0.25) is 0 Å². The SMILES string of the molecule is CCC/C=C/[P+](c1ccccc1)(c1ccccc1)c1ccccc1. The Morgan fingerprint density at radius 3 is 1.33 bits per heavy atom. The molecule has 3 aromatic carbocycles. The summed E-state index contributed by atoms with van der Waals surface area (Å²) in [6.07, 6.45) is 4.67. The standard InChI is InChI=1S/C23H24P/c1-2-3-13-20-24(21-14-7-4-8-15-21,22-16-9-5-10-17-22)23-18-11-6-12-19-23/h4-20H,2-3H2,1H3/q+1/b20-13+. The average molecular weight is 331 g/mol.